The minimum absolute atomic E-state index is 0. The zero-order valence-electron chi connectivity index (χ0n) is 17.6. The van der Waals surface area contributed by atoms with Crippen LogP contribution in [-0.2, 0) is 13.0 Å². The number of nitrogens with zero attached hydrogens (tertiary/aromatic N) is 1. The van der Waals surface area contributed by atoms with Crippen LogP contribution in [0.5, 0.6) is 0 Å². The van der Waals surface area contributed by atoms with Gasteiger partial charge in [0.15, 0.2) is 5.96 Å². The lowest BCUT2D eigenvalue weighted by atomic mass is 10.1. The second-order valence-electron chi connectivity index (χ2n) is 6.44. The van der Waals surface area contributed by atoms with Gasteiger partial charge in [0.2, 0.25) is 0 Å². The third kappa shape index (κ3) is 8.02. The van der Waals surface area contributed by atoms with Crippen molar-refractivity contribution in [2.24, 2.45) is 4.99 Å². The highest BCUT2D eigenvalue weighted by atomic mass is 127. The average molecular weight is 523 g/mol. The van der Waals surface area contributed by atoms with E-state index in [4.69, 9.17) is 0 Å². The van der Waals surface area contributed by atoms with Crippen molar-refractivity contribution >= 4 is 41.8 Å². The summed E-state index contributed by atoms with van der Waals surface area (Å²) >= 11 is 0. The molecular weight excluding hydrogens is 493 g/mol. The number of amides is 2. The number of hydrogen-bond acceptors (Lipinski definition) is 3. The highest BCUT2D eigenvalue weighted by Gasteiger charge is 2.06. The Hall–Kier alpha value is -2.62. The number of benzene rings is 2. The summed E-state index contributed by atoms with van der Waals surface area (Å²) in [6, 6.07) is 15.1. The first kappa shape index (κ1) is 25.4. The highest BCUT2D eigenvalue weighted by molar-refractivity contribution is 14.0. The zero-order chi connectivity index (χ0) is 21.1. The Morgan fingerprint density at radius 3 is 2.17 bits per heavy atom. The van der Waals surface area contributed by atoms with Gasteiger partial charge in [-0.1, -0.05) is 24.3 Å². The summed E-state index contributed by atoms with van der Waals surface area (Å²) in [4.78, 5) is 27.9. The lowest BCUT2D eigenvalue weighted by Gasteiger charge is -2.13. The molecular formula is C22H30IN5O2. The number of carbonyl (C=O) groups is 2. The van der Waals surface area contributed by atoms with Gasteiger partial charge in [0.05, 0.1) is 0 Å². The van der Waals surface area contributed by atoms with Crippen LogP contribution in [0.25, 0.3) is 0 Å². The van der Waals surface area contributed by atoms with Crippen molar-refractivity contribution in [3.05, 3.63) is 70.8 Å². The lowest BCUT2D eigenvalue weighted by Crippen LogP contribution is -2.37. The molecule has 0 saturated heterocycles. The summed E-state index contributed by atoms with van der Waals surface area (Å²) in [6.45, 7) is 3.73. The highest BCUT2D eigenvalue weighted by Crippen LogP contribution is 2.06. The van der Waals surface area contributed by atoms with E-state index in [0.29, 0.717) is 36.7 Å². The number of rotatable bonds is 8. The molecule has 4 N–H and O–H groups in total. The molecule has 0 radical (unpaired) electrons. The van der Waals surface area contributed by atoms with Crippen LogP contribution in [0.15, 0.2) is 53.5 Å². The number of nitrogens with one attached hydrogen (secondary N) is 4. The van der Waals surface area contributed by atoms with Crippen molar-refractivity contribution < 1.29 is 9.59 Å². The van der Waals surface area contributed by atoms with Crippen molar-refractivity contribution in [1.82, 2.24) is 21.3 Å². The fraction of sp³-hybridized carbons (Fsp3) is 0.318. The van der Waals surface area contributed by atoms with E-state index in [0.717, 1.165) is 17.5 Å². The zero-order valence-corrected chi connectivity index (χ0v) is 19.9. The Bertz CT molecular complexity index is 870. The van der Waals surface area contributed by atoms with Crippen LogP contribution in [0.4, 0.5) is 0 Å². The van der Waals surface area contributed by atoms with Gasteiger partial charge in [-0.2, -0.15) is 0 Å². The van der Waals surface area contributed by atoms with Crippen LogP contribution in [0.3, 0.4) is 0 Å². The SMILES string of the molecule is CCNC(=O)c1cccc(CNC(=NC)NCCc2cccc(C(=O)NC)c2)c1.I. The van der Waals surface area contributed by atoms with Gasteiger partial charge >= 0.3 is 0 Å². The molecule has 8 heteroatoms. The summed E-state index contributed by atoms with van der Waals surface area (Å²) in [5, 5.41) is 12.0. The van der Waals surface area contributed by atoms with Crippen molar-refractivity contribution in [1.29, 1.82) is 0 Å². The summed E-state index contributed by atoms with van der Waals surface area (Å²) in [5.74, 6) is 0.513. The maximum Gasteiger partial charge on any atom is 0.251 e. The monoisotopic (exact) mass is 523 g/mol. The quantitative estimate of drug-likeness (QED) is 0.243. The summed E-state index contributed by atoms with van der Waals surface area (Å²) in [6.07, 6.45) is 0.762. The molecule has 2 aromatic carbocycles. The number of guanidine groups is 1. The Morgan fingerprint density at radius 2 is 1.53 bits per heavy atom. The van der Waals surface area contributed by atoms with Crippen molar-refractivity contribution in [2.45, 2.75) is 19.9 Å². The smallest absolute Gasteiger partial charge is 0.251 e. The maximum absolute atomic E-state index is 12.0. The lowest BCUT2D eigenvalue weighted by molar-refractivity contribution is 0.0950. The van der Waals surface area contributed by atoms with Crippen LogP contribution >= 0.6 is 24.0 Å². The van der Waals surface area contributed by atoms with Gasteiger partial charge in [-0.25, -0.2) is 0 Å². The molecule has 30 heavy (non-hydrogen) atoms. The van der Waals surface area contributed by atoms with E-state index < -0.39 is 0 Å². The Balaban J connectivity index is 0.00000450. The fourth-order valence-electron chi connectivity index (χ4n) is 2.83. The van der Waals surface area contributed by atoms with Gasteiger partial charge in [0.25, 0.3) is 11.8 Å². The molecule has 0 fully saturated rings. The second kappa shape index (κ2) is 13.6. The molecule has 0 aromatic heterocycles. The number of halogens is 1. The predicted octanol–water partition coefficient (Wildman–Crippen LogP) is 2.32. The van der Waals surface area contributed by atoms with Gasteiger partial charge in [-0.05, 0) is 48.7 Å². The Morgan fingerprint density at radius 1 is 0.900 bits per heavy atom. The standard InChI is InChI=1S/C22H29N5O2.HI/c1-4-25-21(29)19-10-6-8-17(14-19)15-27-22(24-3)26-12-11-16-7-5-9-18(13-16)20(28)23-2;/h5-10,13-14H,4,11-12,15H2,1-3H3,(H,23,28)(H,25,29)(H2,24,26,27);1H. The van der Waals surface area contributed by atoms with Gasteiger partial charge in [-0.15, -0.1) is 24.0 Å². The molecule has 2 amide bonds. The van der Waals surface area contributed by atoms with E-state index in [-0.39, 0.29) is 35.8 Å². The molecule has 0 spiro atoms. The van der Waals surface area contributed by atoms with E-state index in [1.807, 2.05) is 43.3 Å². The Labute approximate surface area is 195 Å². The van der Waals surface area contributed by atoms with Gasteiger partial charge in [0.1, 0.15) is 0 Å². The van der Waals surface area contributed by atoms with E-state index in [1.165, 1.54) is 0 Å². The molecule has 0 unspecified atom stereocenters. The Kier molecular flexibility index (Phi) is 11.5. The van der Waals surface area contributed by atoms with Crippen LogP contribution in [0.2, 0.25) is 0 Å². The molecule has 7 nitrogen and oxygen atoms in total. The minimum atomic E-state index is -0.0906. The summed E-state index contributed by atoms with van der Waals surface area (Å²) in [5.41, 5.74) is 3.36. The van der Waals surface area contributed by atoms with Gasteiger partial charge in [0, 0.05) is 44.9 Å². The summed E-state index contributed by atoms with van der Waals surface area (Å²) < 4.78 is 0. The minimum Gasteiger partial charge on any atom is -0.356 e. The number of hydrogen-bond donors (Lipinski definition) is 4. The molecule has 0 aliphatic rings. The van der Waals surface area contributed by atoms with E-state index in [9.17, 15) is 9.59 Å². The first-order valence-electron chi connectivity index (χ1n) is 9.70. The van der Waals surface area contributed by atoms with E-state index in [2.05, 4.69) is 26.3 Å². The molecule has 0 aliphatic heterocycles. The normalized spacial score (nSPS) is 10.6. The third-order valence-corrected chi connectivity index (χ3v) is 4.33. The fourth-order valence-corrected chi connectivity index (χ4v) is 2.83. The van der Waals surface area contributed by atoms with Crippen LogP contribution in [0, 0.1) is 0 Å². The molecule has 0 atom stereocenters. The van der Waals surface area contributed by atoms with Crippen LogP contribution in [0.1, 0.15) is 38.8 Å². The topological polar surface area (TPSA) is 94.6 Å². The second-order valence-corrected chi connectivity index (χ2v) is 6.44. The van der Waals surface area contributed by atoms with Crippen LogP contribution < -0.4 is 21.3 Å². The molecule has 2 aromatic rings. The molecule has 0 heterocycles. The van der Waals surface area contributed by atoms with E-state index in [1.54, 1.807) is 26.2 Å². The first-order chi connectivity index (χ1) is 14.1. The molecule has 0 saturated carbocycles. The van der Waals surface area contributed by atoms with E-state index >= 15 is 0 Å². The maximum atomic E-state index is 12.0. The largest absolute Gasteiger partial charge is 0.356 e. The third-order valence-electron chi connectivity index (χ3n) is 4.33. The molecule has 0 bridgehead atoms. The van der Waals surface area contributed by atoms with Crippen molar-refractivity contribution in [3.8, 4) is 0 Å². The molecule has 2 rings (SSSR count). The average Bonchev–Trinajstić information content (AvgIpc) is 2.76. The van der Waals surface area contributed by atoms with Gasteiger partial charge in [-0.3, -0.25) is 14.6 Å². The van der Waals surface area contributed by atoms with Crippen molar-refractivity contribution in [2.75, 3.05) is 27.2 Å². The number of aliphatic imine (C=N–C) groups is 1. The molecule has 0 aliphatic carbocycles. The van der Waals surface area contributed by atoms with Crippen LogP contribution in [-0.4, -0.2) is 45.0 Å². The number of carbonyl (C=O) groups excluding carboxylic acids is 2. The first-order valence-corrected chi connectivity index (χ1v) is 9.70. The molecule has 162 valence electrons. The predicted molar refractivity (Wildman–Crippen MR) is 132 cm³/mol. The van der Waals surface area contributed by atoms with Crippen molar-refractivity contribution in [3.63, 3.8) is 0 Å². The summed E-state index contributed by atoms with van der Waals surface area (Å²) in [7, 11) is 3.34. The van der Waals surface area contributed by atoms with Gasteiger partial charge < -0.3 is 21.3 Å².